The summed E-state index contributed by atoms with van der Waals surface area (Å²) in [7, 11) is 0. The standard InChI is InChI=1S/C72H89FN14O14/c1-40(2)31-54(63(93)80-53(15-9-29-77-72(75)76)71(101)87-30-10-16-60(87)69(99)78-38-61(74)92)81-66(96)57(36-45-17-23-47-11-5-7-13-49(47)32-45)82-64(94)55(35-44-21-27-52(91)28-22-44)84-68(98)59(39-88)86-67(97)58(37-46-18-24-48-12-6-8-14-50(48)33-46)83-65(95)56(34-43-19-25-51(73)26-20-43)85-70(100)62(41(3)89)79-42(4)90/h5-8,11-14,17-28,32-33,40-41,53-60,62,88-89,91H,9-10,15-16,29-31,34-39H2,1-4H3,(H2,74,92)(H,78,99)(H,79,90)(H,80,93)(H,81,96)(H,82,94)(H,83,95)(H,84,98)(H,85,100)(H,86,97)(H4,75,76,77)/t41-,53+,54+,55+,56-,57-,58-,59+,60+,62-/m1/s1. The van der Waals surface area contributed by atoms with Crippen molar-refractivity contribution in [1.29, 1.82) is 0 Å². The zero-order chi connectivity index (χ0) is 73.4. The maximum Gasteiger partial charge on any atom is 0.245 e. The molecule has 7 rings (SSSR count). The molecule has 0 unspecified atom stereocenters. The first-order valence-electron chi connectivity index (χ1n) is 33.2. The fourth-order valence-corrected chi connectivity index (χ4v) is 11.7. The monoisotopic (exact) mass is 1390 g/mol. The van der Waals surface area contributed by atoms with Crippen LogP contribution < -0.4 is 65.1 Å². The van der Waals surface area contributed by atoms with Gasteiger partial charge in [0.25, 0.3) is 0 Å². The van der Waals surface area contributed by atoms with Crippen molar-refractivity contribution in [2.75, 3.05) is 26.2 Å². The molecule has 11 amide bonds. The van der Waals surface area contributed by atoms with Gasteiger partial charge in [-0.25, -0.2) is 4.39 Å². The summed E-state index contributed by atoms with van der Waals surface area (Å²) in [5.74, 6) is -10.7. The minimum atomic E-state index is -1.86. The molecule has 0 saturated carbocycles. The number of aromatic hydroxyl groups is 1. The summed E-state index contributed by atoms with van der Waals surface area (Å²) in [5.41, 5.74) is 18.2. The van der Waals surface area contributed by atoms with Crippen molar-refractivity contribution in [3.05, 3.63) is 162 Å². The van der Waals surface area contributed by atoms with Gasteiger partial charge in [0, 0.05) is 45.7 Å². The molecule has 538 valence electrons. The van der Waals surface area contributed by atoms with Gasteiger partial charge in [0.15, 0.2) is 5.96 Å². The number of rotatable bonds is 35. The lowest BCUT2D eigenvalue weighted by Crippen LogP contribution is -2.62. The Labute approximate surface area is 583 Å². The molecular formula is C72H89FN14O14. The Hall–Kier alpha value is -11.1. The highest BCUT2D eigenvalue weighted by Gasteiger charge is 2.40. The van der Waals surface area contributed by atoms with Crippen LogP contribution in [0.4, 0.5) is 4.39 Å². The lowest BCUT2D eigenvalue weighted by atomic mass is 9.98. The van der Waals surface area contributed by atoms with E-state index in [4.69, 9.17) is 17.2 Å². The number of phenolic OH excluding ortho intramolecular Hbond substituents is 1. The molecule has 1 saturated heterocycles. The minimum Gasteiger partial charge on any atom is -0.508 e. The molecule has 6 aromatic carbocycles. The van der Waals surface area contributed by atoms with Gasteiger partial charge >= 0.3 is 0 Å². The Morgan fingerprint density at radius 3 is 1.44 bits per heavy atom. The first-order valence-corrected chi connectivity index (χ1v) is 33.2. The van der Waals surface area contributed by atoms with Crippen LogP contribution in [0.2, 0.25) is 0 Å². The van der Waals surface area contributed by atoms with Gasteiger partial charge in [0.1, 0.15) is 65.9 Å². The SMILES string of the molecule is CC(=O)N[C@@H](C(=O)N[C@H](Cc1ccc(F)cc1)C(=O)N[C@H](Cc1ccc2ccccc2c1)C(=O)N[C@@H](CO)C(=O)N[C@@H](Cc1ccc(O)cc1)C(=O)N[C@H](Cc1ccc2ccccc2c1)C(=O)N[C@@H](CC(C)C)C(=O)N[C@@H](CCCN=C(N)N)C(=O)N1CCC[C@H]1C(=O)NCC(N)=O)[C@@H](C)O. The highest BCUT2D eigenvalue weighted by atomic mass is 19.1. The summed E-state index contributed by atoms with van der Waals surface area (Å²) in [5, 5.41) is 58.4. The van der Waals surface area contributed by atoms with Crippen LogP contribution in [0, 0.1) is 11.7 Å². The normalized spacial score (nSPS) is 15.4. The molecular weight excluding hydrogens is 1300 g/mol. The molecule has 0 bridgehead atoms. The number of aliphatic hydroxyl groups is 2. The number of carbonyl (C=O) groups is 11. The number of amides is 11. The van der Waals surface area contributed by atoms with E-state index in [2.05, 4.69) is 52.8 Å². The summed E-state index contributed by atoms with van der Waals surface area (Å²) < 4.78 is 14.2. The van der Waals surface area contributed by atoms with Crippen molar-refractivity contribution in [3.63, 3.8) is 0 Å². The Balaban J connectivity index is 1.18. The average Bonchev–Trinajstić information content (AvgIpc) is 1.81. The lowest BCUT2D eigenvalue weighted by Gasteiger charge is -2.30. The van der Waals surface area contributed by atoms with E-state index in [0.29, 0.717) is 28.7 Å². The molecule has 101 heavy (non-hydrogen) atoms. The van der Waals surface area contributed by atoms with Crippen LogP contribution in [0.5, 0.6) is 5.75 Å². The van der Waals surface area contributed by atoms with Gasteiger partial charge in [0.2, 0.25) is 65.0 Å². The molecule has 6 aromatic rings. The van der Waals surface area contributed by atoms with Gasteiger partial charge in [-0.3, -0.25) is 57.7 Å². The third kappa shape index (κ3) is 23.5. The second kappa shape index (κ2) is 37.2. The fourth-order valence-electron chi connectivity index (χ4n) is 11.7. The van der Waals surface area contributed by atoms with Gasteiger partial charge in [0.05, 0.1) is 19.3 Å². The van der Waals surface area contributed by atoms with Gasteiger partial charge in [-0.1, -0.05) is 123 Å². The number of benzene rings is 6. The zero-order valence-electron chi connectivity index (χ0n) is 56.6. The van der Waals surface area contributed by atoms with Gasteiger partial charge in [-0.15, -0.1) is 0 Å². The number of phenols is 1. The molecule has 1 aliphatic heterocycles. The maximum atomic E-state index is 15.2. The van der Waals surface area contributed by atoms with Gasteiger partial charge < -0.3 is 85.3 Å². The number of nitrogens with two attached hydrogens (primary N) is 3. The molecule has 1 heterocycles. The van der Waals surface area contributed by atoms with Crippen LogP contribution in [-0.2, 0) is 78.4 Å². The third-order valence-electron chi connectivity index (χ3n) is 16.9. The Kier molecular flexibility index (Phi) is 28.5. The number of likely N-dealkylation sites (tertiary alicyclic amines) is 1. The van der Waals surface area contributed by atoms with E-state index in [1.54, 1.807) is 50.2 Å². The van der Waals surface area contributed by atoms with E-state index >= 15 is 9.59 Å². The number of hydrogen-bond acceptors (Lipinski definition) is 15. The molecule has 18 N–H and O–H groups in total. The number of nitrogens with one attached hydrogen (secondary N) is 9. The number of fused-ring (bicyclic) bond motifs is 2. The van der Waals surface area contributed by atoms with E-state index in [-0.39, 0.29) is 82.1 Å². The molecule has 0 aromatic heterocycles. The van der Waals surface area contributed by atoms with Crippen molar-refractivity contribution in [2.24, 2.45) is 28.1 Å². The quantitative estimate of drug-likeness (QED) is 0.0142. The summed E-state index contributed by atoms with van der Waals surface area (Å²) in [6.07, 6.45) is -1.70. The number of nitrogens with zero attached hydrogens (tertiary/aromatic N) is 2. The Morgan fingerprint density at radius 2 is 0.970 bits per heavy atom. The molecule has 0 aliphatic carbocycles. The smallest absolute Gasteiger partial charge is 0.245 e. The topological polar surface area (TPSA) is 450 Å². The average molecular weight is 1390 g/mol. The Bertz CT molecular complexity index is 3970. The van der Waals surface area contributed by atoms with Crippen molar-refractivity contribution in [1.82, 2.24) is 52.8 Å². The molecule has 0 spiro atoms. The predicted molar refractivity (Wildman–Crippen MR) is 373 cm³/mol. The number of guanidine groups is 1. The van der Waals surface area contributed by atoms with Crippen molar-refractivity contribution < 1.29 is 72.4 Å². The first kappa shape index (κ1) is 77.3. The van der Waals surface area contributed by atoms with Crippen molar-refractivity contribution >= 4 is 92.5 Å². The second-order valence-electron chi connectivity index (χ2n) is 25.5. The predicted octanol–water partition coefficient (Wildman–Crippen LogP) is 0.0719. The maximum absolute atomic E-state index is 15.2. The van der Waals surface area contributed by atoms with Crippen LogP contribution in [0.15, 0.2) is 138 Å². The zero-order valence-corrected chi connectivity index (χ0v) is 56.6. The number of hydrogen-bond donors (Lipinski definition) is 15. The van der Waals surface area contributed by atoms with E-state index in [0.717, 1.165) is 40.6 Å². The molecule has 28 nitrogen and oxygen atoms in total. The van der Waals surface area contributed by atoms with Crippen LogP contribution in [0.3, 0.4) is 0 Å². The summed E-state index contributed by atoms with van der Waals surface area (Å²) in [4.78, 5) is 160. The van der Waals surface area contributed by atoms with E-state index < -0.39 is 144 Å². The summed E-state index contributed by atoms with van der Waals surface area (Å²) in [6.45, 7) is 4.59. The molecule has 10 atom stereocenters. The first-order chi connectivity index (χ1) is 48.1. The number of carbonyl (C=O) groups excluding carboxylic acids is 11. The molecule has 1 aliphatic rings. The third-order valence-corrected chi connectivity index (χ3v) is 16.9. The Morgan fingerprint density at radius 1 is 0.545 bits per heavy atom. The number of primary amides is 1. The minimum absolute atomic E-state index is 0.00302. The van der Waals surface area contributed by atoms with Gasteiger partial charge in [-0.2, -0.15) is 0 Å². The molecule has 29 heteroatoms. The number of halogens is 1. The number of aliphatic imine (C=N–C) groups is 1. The van der Waals surface area contributed by atoms with E-state index in [1.807, 2.05) is 48.5 Å². The molecule has 0 radical (unpaired) electrons. The summed E-state index contributed by atoms with van der Waals surface area (Å²) >= 11 is 0. The second-order valence-corrected chi connectivity index (χ2v) is 25.5. The lowest BCUT2D eigenvalue weighted by molar-refractivity contribution is -0.142. The largest absolute Gasteiger partial charge is 0.508 e. The van der Waals surface area contributed by atoms with Crippen molar-refractivity contribution in [2.45, 2.75) is 146 Å². The van der Waals surface area contributed by atoms with Gasteiger partial charge in [-0.05, 0) is 113 Å². The van der Waals surface area contributed by atoms with Crippen LogP contribution in [0.25, 0.3) is 21.5 Å². The van der Waals surface area contributed by atoms with Crippen LogP contribution in [0.1, 0.15) is 82.1 Å². The molecule has 1 fully saturated rings. The summed E-state index contributed by atoms with van der Waals surface area (Å²) in [6, 6.07) is 22.6. The van der Waals surface area contributed by atoms with Crippen molar-refractivity contribution in [3.8, 4) is 5.75 Å². The van der Waals surface area contributed by atoms with E-state index in [9.17, 15) is 62.9 Å². The van der Waals surface area contributed by atoms with Crippen LogP contribution >= 0.6 is 0 Å². The van der Waals surface area contributed by atoms with Crippen LogP contribution in [-0.4, -0.2) is 178 Å². The van der Waals surface area contributed by atoms with E-state index in [1.165, 1.54) is 48.2 Å². The number of aliphatic hydroxyl groups excluding tert-OH is 2. The highest BCUT2D eigenvalue weighted by molar-refractivity contribution is 6.00. The fraction of sp³-hybridized carbons (Fsp3) is 0.389. The highest BCUT2D eigenvalue weighted by Crippen LogP contribution is 2.23.